The van der Waals surface area contributed by atoms with Crippen molar-refractivity contribution in [3.05, 3.63) is 29.5 Å². The largest absolute Gasteiger partial charge is 0.759 e. The monoisotopic (exact) mass is 222 g/mol. The number of para-hydroxylation sites is 2. The number of aromatic amines is 1. The number of hydroxylamine groups is 1. The van der Waals surface area contributed by atoms with Gasteiger partial charge < -0.3 is 15.7 Å². The lowest BCUT2D eigenvalue weighted by Crippen LogP contribution is -2.17. The lowest BCUT2D eigenvalue weighted by atomic mass is 10.3. The summed E-state index contributed by atoms with van der Waals surface area (Å²) in [5, 5.41) is 10.6. The Morgan fingerprint density at radius 3 is 3.07 bits per heavy atom. The van der Waals surface area contributed by atoms with E-state index in [1.165, 1.54) is 17.2 Å². The standard InChI is InChI=1S/C9H8N3O2S/c13-8(12-14)5-15-9-10-6-3-1-2-4-7(6)11-9/h1-4H,5H2,(H2-,10,11,12,13,14)/q-1. The molecule has 0 unspecified atom stereocenters. The second kappa shape index (κ2) is 4.33. The number of carbonyl (C=O) groups excluding carboxylic acids is 1. The summed E-state index contributed by atoms with van der Waals surface area (Å²) in [6.07, 6.45) is 0. The molecule has 6 heteroatoms. The first kappa shape index (κ1) is 10.0. The van der Waals surface area contributed by atoms with Gasteiger partial charge in [0.15, 0.2) is 5.16 Å². The van der Waals surface area contributed by atoms with E-state index in [-0.39, 0.29) is 5.75 Å². The van der Waals surface area contributed by atoms with E-state index in [2.05, 4.69) is 9.97 Å². The Morgan fingerprint density at radius 1 is 1.53 bits per heavy atom. The van der Waals surface area contributed by atoms with E-state index in [4.69, 9.17) is 0 Å². The van der Waals surface area contributed by atoms with Gasteiger partial charge in [0, 0.05) is 0 Å². The number of H-pyrrole nitrogens is 1. The summed E-state index contributed by atoms with van der Waals surface area (Å²) in [6.45, 7) is 0. The Balaban J connectivity index is 2.12. The van der Waals surface area contributed by atoms with E-state index >= 15 is 0 Å². The summed E-state index contributed by atoms with van der Waals surface area (Å²) < 4.78 is 0. The van der Waals surface area contributed by atoms with Gasteiger partial charge in [-0.3, -0.25) is 4.79 Å². The molecule has 0 fully saturated rings. The van der Waals surface area contributed by atoms with Gasteiger partial charge in [-0.1, -0.05) is 23.9 Å². The molecule has 0 saturated carbocycles. The summed E-state index contributed by atoms with van der Waals surface area (Å²) in [5.41, 5.74) is 3.09. The molecule has 0 aliphatic rings. The number of fused-ring (bicyclic) bond motifs is 1. The van der Waals surface area contributed by atoms with Gasteiger partial charge in [0.2, 0.25) is 5.91 Å². The zero-order valence-corrected chi connectivity index (χ0v) is 8.50. The van der Waals surface area contributed by atoms with Crippen molar-refractivity contribution in [2.24, 2.45) is 0 Å². The number of benzene rings is 1. The molecule has 1 aromatic carbocycles. The highest BCUT2D eigenvalue weighted by Gasteiger charge is 2.03. The topological polar surface area (TPSA) is 80.8 Å². The van der Waals surface area contributed by atoms with Gasteiger partial charge in [-0.05, 0) is 12.1 Å². The molecule has 2 N–H and O–H groups in total. The molecule has 1 heterocycles. The van der Waals surface area contributed by atoms with E-state index in [0.29, 0.717) is 5.16 Å². The van der Waals surface area contributed by atoms with Gasteiger partial charge in [0.1, 0.15) is 0 Å². The van der Waals surface area contributed by atoms with E-state index in [1.54, 1.807) is 0 Å². The van der Waals surface area contributed by atoms with Crippen molar-refractivity contribution in [1.82, 2.24) is 15.4 Å². The summed E-state index contributed by atoms with van der Waals surface area (Å²) >= 11 is 1.20. The Bertz CT molecular complexity index is 450. The summed E-state index contributed by atoms with van der Waals surface area (Å²) in [4.78, 5) is 18.0. The molecule has 2 aromatic rings. The number of nitrogens with zero attached hydrogens (tertiary/aromatic N) is 1. The molecule has 0 radical (unpaired) electrons. The first-order valence-corrected chi connectivity index (χ1v) is 5.26. The minimum Gasteiger partial charge on any atom is -0.759 e. The lowest BCUT2D eigenvalue weighted by Gasteiger charge is -2.04. The number of carbonyl (C=O) groups is 1. The highest BCUT2D eigenvalue weighted by atomic mass is 32.2. The highest BCUT2D eigenvalue weighted by Crippen LogP contribution is 2.18. The predicted molar refractivity (Wildman–Crippen MR) is 58.3 cm³/mol. The van der Waals surface area contributed by atoms with Crippen LogP contribution in [0.25, 0.3) is 11.0 Å². The predicted octanol–water partition coefficient (Wildman–Crippen LogP) is 1.27. The van der Waals surface area contributed by atoms with Crippen LogP contribution in [0.3, 0.4) is 0 Å². The molecule has 0 atom stereocenters. The first-order valence-electron chi connectivity index (χ1n) is 4.28. The molecule has 78 valence electrons. The Labute approximate surface area is 89.9 Å². The van der Waals surface area contributed by atoms with Gasteiger partial charge in [-0.2, -0.15) is 0 Å². The number of amides is 1. The maximum absolute atomic E-state index is 10.7. The minimum absolute atomic E-state index is 0.0727. The number of rotatable bonds is 3. The zero-order chi connectivity index (χ0) is 10.7. The number of nitrogens with one attached hydrogen (secondary N) is 2. The number of thioether (sulfide) groups is 1. The van der Waals surface area contributed by atoms with Crippen LogP contribution in [-0.2, 0) is 4.79 Å². The average Bonchev–Trinajstić information content (AvgIpc) is 2.68. The molecule has 5 nitrogen and oxygen atoms in total. The maximum atomic E-state index is 10.7. The Morgan fingerprint density at radius 2 is 2.33 bits per heavy atom. The third-order valence-electron chi connectivity index (χ3n) is 1.82. The zero-order valence-electron chi connectivity index (χ0n) is 7.69. The third-order valence-corrected chi connectivity index (χ3v) is 2.69. The van der Waals surface area contributed by atoms with Crippen molar-refractivity contribution in [2.75, 3.05) is 5.75 Å². The van der Waals surface area contributed by atoms with Crippen LogP contribution in [-0.4, -0.2) is 21.6 Å². The van der Waals surface area contributed by atoms with Gasteiger partial charge in [0.05, 0.1) is 16.8 Å². The summed E-state index contributed by atoms with van der Waals surface area (Å²) in [6, 6.07) is 7.57. The van der Waals surface area contributed by atoms with Crippen LogP contribution >= 0.6 is 11.8 Å². The molecular formula is C9H8N3O2S-. The first-order chi connectivity index (χ1) is 7.29. The molecule has 0 aliphatic carbocycles. The molecule has 0 aliphatic heterocycles. The van der Waals surface area contributed by atoms with Crippen molar-refractivity contribution < 1.29 is 4.79 Å². The third kappa shape index (κ3) is 2.28. The molecule has 1 aromatic heterocycles. The molecule has 0 spiro atoms. The fourth-order valence-corrected chi connectivity index (χ4v) is 1.83. The van der Waals surface area contributed by atoms with Gasteiger partial charge in [-0.15, -0.1) is 0 Å². The van der Waals surface area contributed by atoms with E-state index in [0.717, 1.165) is 11.0 Å². The molecular weight excluding hydrogens is 214 g/mol. The van der Waals surface area contributed by atoms with Crippen LogP contribution in [0.2, 0.25) is 0 Å². The molecule has 0 saturated heterocycles. The number of hydrogen-bond acceptors (Lipinski definition) is 4. The summed E-state index contributed by atoms with van der Waals surface area (Å²) in [5.74, 6) is -0.482. The van der Waals surface area contributed by atoms with Gasteiger partial charge in [-0.25, -0.2) is 4.98 Å². The molecule has 15 heavy (non-hydrogen) atoms. The second-order valence-corrected chi connectivity index (χ2v) is 3.84. The average molecular weight is 222 g/mol. The van der Waals surface area contributed by atoms with Crippen molar-refractivity contribution >= 4 is 28.7 Å². The summed E-state index contributed by atoms with van der Waals surface area (Å²) in [7, 11) is 0. The van der Waals surface area contributed by atoms with Crippen molar-refractivity contribution in [3.8, 4) is 0 Å². The maximum Gasteiger partial charge on any atom is 0.219 e. The van der Waals surface area contributed by atoms with Gasteiger partial charge >= 0.3 is 0 Å². The number of aromatic nitrogens is 2. The lowest BCUT2D eigenvalue weighted by molar-refractivity contribution is -0.117. The van der Waals surface area contributed by atoms with E-state index < -0.39 is 5.91 Å². The molecule has 1 amide bonds. The molecule has 0 bridgehead atoms. The fourth-order valence-electron chi connectivity index (χ4n) is 1.16. The van der Waals surface area contributed by atoms with Crippen LogP contribution < -0.4 is 5.48 Å². The molecule has 2 rings (SSSR count). The highest BCUT2D eigenvalue weighted by molar-refractivity contribution is 7.99. The number of hydrogen-bond donors (Lipinski definition) is 2. The van der Waals surface area contributed by atoms with E-state index in [1.807, 2.05) is 24.3 Å². The Kier molecular flexibility index (Phi) is 2.89. The van der Waals surface area contributed by atoms with Crippen LogP contribution in [0.15, 0.2) is 29.4 Å². The van der Waals surface area contributed by atoms with Crippen LogP contribution in [0.5, 0.6) is 0 Å². The Hall–Kier alpha value is -1.53. The SMILES string of the molecule is O=C(CSc1nc2ccccc2[nH]1)N[O-]. The van der Waals surface area contributed by atoms with Crippen LogP contribution in [0.1, 0.15) is 0 Å². The van der Waals surface area contributed by atoms with Crippen LogP contribution in [0, 0.1) is 5.21 Å². The van der Waals surface area contributed by atoms with Crippen molar-refractivity contribution in [2.45, 2.75) is 5.16 Å². The second-order valence-electron chi connectivity index (χ2n) is 2.87. The smallest absolute Gasteiger partial charge is 0.219 e. The van der Waals surface area contributed by atoms with Crippen LogP contribution in [0.4, 0.5) is 0 Å². The van der Waals surface area contributed by atoms with Crippen molar-refractivity contribution in [3.63, 3.8) is 0 Å². The normalized spacial score (nSPS) is 10.5. The van der Waals surface area contributed by atoms with Crippen molar-refractivity contribution in [1.29, 1.82) is 0 Å². The minimum atomic E-state index is -0.555. The quantitative estimate of drug-likeness (QED) is 0.605. The van der Waals surface area contributed by atoms with E-state index in [9.17, 15) is 10.0 Å². The van der Waals surface area contributed by atoms with Gasteiger partial charge in [0.25, 0.3) is 0 Å². The number of imidazole rings is 1. The fraction of sp³-hybridized carbons (Fsp3) is 0.111.